The number of allylic oxidation sites excluding steroid dienone is 3. The van der Waals surface area contributed by atoms with Gasteiger partial charge in [0.05, 0.1) is 69.7 Å². The molecule has 6 aromatic rings. The molecule has 0 saturated heterocycles. The van der Waals surface area contributed by atoms with Crippen LogP contribution in [0.1, 0.15) is 177 Å². The lowest BCUT2D eigenvalue weighted by Crippen LogP contribution is -2.50. The lowest BCUT2D eigenvalue weighted by molar-refractivity contribution is -0.169. The van der Waals surface area contributed by atoms with Crippen molar-refractivity contribution >= 4 is 117 Å². The van der Waals surface area contributed by atoms with E-state index in [1.807, 2.05) is 205 Å². The van der Waals surface area contributed by atoms with E-state index in [0.29, 0.717) is 48.5 Å². The molecule has 28 heteroatoms. The molecule has 3 unspecified atom stereocenters. The van der Waals surface area contributed by atoms with E-state index in [-0.39, 0.29) is 70.6 Å². The lowest BCUT2D eigenvalue weighted by atomic mass is 9.82. The van der Waals surface area contributed by atoms with Crippen molar-refractivity contribution in [3.8, 4) is 0 Å². The molecule has 668 valence electrons. The molecule has 9 rings (SSSR count). The number of amides is 6. The minimum Gasteiger partial charge on any atom is -0.481 e. The van der Waals surface area contributed by atoms with Crippen LogP contribution >= 0.6 is 23.2 Å². The van der Waals surface area contributed by atoms with Gasteiger partial charge in [-0.05, 0) is 116 Å². The van der Waals surface area contributed by atoms with Crippen molar-refractivity contribution in [2.24, 2.45) is 79.7 Å². The SMILES string of the molecule is C.C.C.C=CC[C@H](C(=O)OC(C)(C)C)[C@@H](CC(C)C)C(=O)NC1N=C(c2ccccc2)c2ccccc2N(C)C1=O.C=CC[C@H](C(=O)OC(C)(C)C)[C@@H](CC(C)C)C(=O)O.C=CC[C@H](C(N)=O)[C@@H](CC(C)C)C(=O)NC1N=C(c2ccccc2)c2ccccc2N(C)C1=O.CN1C(=O)C(N)N=C(c2ccccc2)c2ccccc21.O=C(C(Cl)Cl)C(F)(F)F. The minimum atomic E-state index is -4.92. The maximum absolute atomic E-state index is 13.8. The van der Waals surface area contributed by atoms with Gasteiger partial charge < -0.3 is 51.4 Å². The predicted octanol–water partition coefficient (Wildman–Crippen LogP) is 17.3. The Labute approximate surface area is 734 Å². The first-order valence-corrected chi connectivity index (χ1v) is 40.2. The molecule has 123 heavy (non-hydrogen) atoms. The second-order valence-electron chi connectivity index (χ2n) is 32.1. The van der Waals surface area contributed by atoms with E-state index < -0.39 is 118 Å². The summed E-state index contributed by atoms with van der Waals surface area (Å²) in [5.41, 5.74) is 19.5. The van der Waals surface area contributed by atoms with Crippen molar-refractivity contribution < 1.29 is 75.7 Å². The number of alkyl halides is 5. The second kappa shape index (κ2) is 49.8. The number of nitrogens with two attached hydrogens (primary N) is 2. The summed E-state index contributed by atoms with van der Waals surface area (Å²) in [5.74, 6) is -10.1. The lowest BCUT2D eigenvalue weighted by Gasteiger charge is -2.30. The number of benzene rings is 6. The molecule has 6 aromatic carbocycles. The molecule has 0 spiro atoms. The van der Waals surface area contributed by atoms with Gasteiger partial charge in [-0.3, -0.25) is 52.9 Å². The number of benzodiazepines with no additional fused rings is 3. The standard InChI is InChI=1S/C31H39N3O4.C27H32N4O3.C16H15N3O.C15H26O4.C3HCl2F3O.3CH4/c1-8-14-22(30(37)38-31(4,5)6)24(19-20(2)3)28(35)33-27-29(36)34(7)25-18-13-12-17-23(25)26(32-27)21-15-10-9-11-16-21;1-5-11-19(24(28)32)21(16-17(2)3)26(33)30-25-27(34)31(4)22-15-10-9-14-20(22)23(29-25)18-12-7-6-8-13-18;1-19-13-10-6-5-9-12(13)14(18-15(17)16(19)20)11-7-3-2-4-8-11;1-7-8-11(14(18)19-15(4,5)6)12(13(16)17)9-10(2)3;4-2(5)1(9)3(6,7)8;;;/h8-13,15-18,20,22,24,27H,1,14,19H2,2-7H3,(H,33,35);5-10,12-15,17,19,21,25H,1,11,16H2,2-4H3,(H2,28,32)(H,30,33);2-10,15H,17H2,1H3;7,10-12H,1,8-9H2,2-6H3,(H,16,17);2H;3*1H4/t22-,24+,27?;19-,21+,25?;;11-,12+;;;;/m00.0..../s1. The summed E-state index contributed by atoms with van der Waals surface area (Å²) in [6.07, 6.45) is -1.10. The average molecular weight is 1740 g/mol. The number of nitrogens with zero attached hydrogens (tertiary/aromatic N) is 6. The number of carbonyl (C=O) groups is 10. The number of carbonyl (C=O) groups excluding carboxylic acids is 9. The van der Waals surface area contributed by atoms with Crippen LogP contribution in [0.4, 0.5) is 30.2 Å². The van der Waals surface area contributed by atoms with Gasteiger partial charge in [-0.15, -0.1) is 19.7 Å². The van der Waals surface area contributed by atoms with Crippen LogP contribution in [0, 0.1) is 53.3 Å². The number of carboxylic acid groups (broad SMARTS) is 1. The monoisotopic (exact) mass is 1740 g/mol. The number of esters is 2. The third-order valence-corrected chi connectivity index (χ3v) is 19.3. The van der Waals surface area contributed by atoms with Gasteiger partial charge in [0.1, 0.15) is 11.2 Å². The van der Waals surface area contributed by atoms with Crippen LogP contribution in [0.25, 0.3) is 0 Å². The van der Waals surface area contributed by atoms with Crippen LogP contribution in [-0.4, -0.2) is 143 Å². The van der Waals surface area contributed by atoms with Crippen LogP contribution < -0.4 is 36.8 Å². The number of para-hydroxylation sites is 3. The number of ketones is 1. The Kier molecular flexibility index (Phi) is 43.6. The summed E-state index contributed by atoms with van der Waals surface area (Å²) in [4.78, 5) is 142. The number of anilines is 3. The summed E-state index contributed by atoms with van der Waals surface area (Å²) in [6, 6.07) is 51.6. The van der Waals surface area contributed by atoms with Gasteiger partial charge in [-0.25, -0.2) is 9.98 Å². The molecule has 23 nitrogen and oxygen atoms in total. The number of rotatable bonds is 27. The Morgan fingerprint density at radius 2 is 0.740 bits per heavy atom. The molecule has 9 atom stereocenters. The molecule has 6 amide bonds. The zero-order chi connectivity index (χ0) is 89.8. The number of carboxylic acids is 1. The molecule has 7 N–H and O–H groups in total. The molecule has 0 saturated carbocycles. The smallest absolute Gasteiger partial charge is 0.452 e. The van der Waals surface area contributed by atoms with Crippen molar-refractivity contribution in [2.75, 3.05) is 35.8 Å². The molecule has 0 aliphatic carbocycles. The molecule has 0 bridgehead atoms. The summed E-state index contributed by atoms with van der Waals surface area (Å²) < 4.78 is 44.5. The fraction of sp³-hybridized carbons (Fsp3) is 0.421. The number of hydrogen-bond acceptors (Lipinski definition) is 16. The van der Waals surface area contributed by atoms with Crippen molar-refractivity contribution in [3.05, 3.63) is 235 Å². The van der Waals surface area contributed by atoms with E-state index in [2.05, 4.69) is 58.6 Å². The maximum atomic E-state index is 13.8. The Balaban J connectivity index is 0.000000551. The normalized spacial score (nSPS) is 16.2. The van der Waals surface area contributed by atoms with Gasteiger partial charge in [0.15, 0.2) is 11.0 Å². The largest absolute Gasteiger partial charge is 0.481 e. The molecule has 3 aliphatic heterocycles. The number of ether oxygens (including phenoxy) is 2. The van der Waals surface area contributed by atoms with Crippen LogP contribution in [0.5, 0.6) is 0 Å². The molecule has 0 radical (unpaired) electrons. The van der Waals surface area contributed by atoms with E-state index >= 15 is 0 Å². The highest BCUT2D eigenvalue weighted by Crippen LogP contribution is 2.35. The van der Waals surface area contributed by atoms with Gasteiger partial charge in [0.25, 0.3) is 23.5 Å². The number of nitrogens with one attached hydrogen (secondary N) is 2. The Hall–Kier alpha value is -11.2. The molecule has 3 aliphatic rings. The maximum Gasteiger partial charge on any atom is 0.452 e. The summed E-state index contributed by atoms with van der Waals surface area (Å²) in [6.45, 7) is 33.6. The Morgan fingerprint density at radius 1 is 0.463 bits per heavy atom. The highest BCUT2D eigenvalue weighted by molar-refractivity contribution is 6.54. The van der Waals surface area contributed by atoms with Gasteiger partial charge in [0, 0.05) is 54.5 Å². The first-order chi connectivity index (χ1) is 56.3. The summed E-state index contributed by atoms with van der Waals surface area (Å²) in [7, 11) is 5.07. The van der Waals surface area contributed by atoms with Crippen molar-refractivity contribution in [1.29, 1.82) is 0 Å². The third-order valence-electron chi connectivity index (χ3n) is 18.9. The van der Waals surface area contributed by atoms with Gasteiger partial charge in [0.2, 0.25) is 30.1 Å². The van der Waals surface area contributed by atoms with Crippen molar-refractivity contribution in [2.45, 2.75) is 185 Å². The molecular formula is C95H125Cl2F3N10O13. The number of primary amides is 1. The van der Waals surface area contributed by atoms with Crippen LogP contribution in [0.15, 0.2) is 217 Å². The van der Waals surface area contributed by atoms with Crippen LogP contribution in [0.3, 0.4) is 0 Å². The highest BCUT2D eigenvalue weighted by atomic mass is 35.5. The number of aliphatic carboxylic acids is 1. The number of hydrogen-bond donors (Lipinski definition) is 5. The minimum absolute atomic E-state index is 0. The summed E-state index contributed by atoms with van der Waals surface area (Å²) >= 11 is 9.22. The molecule has 3 heterocycles. The summed E-state index contributed by atoms with van der Waals surface area (Å²) in [5, 5.41) is 15.0. The number of halogens is 5. The average Bonchev–Trinajstić information content (AvgIpc) is 1.66. The zero-order valence-electron chi connectivity index (χ0n) is 70.8. The van der Waals surface area contributed by atoms with E-state index in [0.717, 1.165) is 44.8 Å². The number of aliphatic imine (C=N–C) groups is 3. The van der Waals surface area contributed by atoms with Gasteiger partial charge in [-0.1, -0.05) is 251 Å². The molecule has 0 fully saturated rings. The van der Waals surface area contributed by atoms with E-state index in [1.165, 1.54) is 9.80 Å². The van der Waals surface area contributed by atoms with Crippen LogP contribution in [0.2, 0.25) is 0 Å². The molecular weight excluding hydrogens is 1620 g/mol. The Morgan fingerprint density at radius 3 is 1.02 bits per heavy atom. The highest BCUT2D eigenvalue weighted by Gasteiger charge is 2.44. The predicted molar refractivity (Wildman–Crippen MR) is 487 cm³/mol. The fourth-order valence-corrected chi connectivity index (χ4v) is 13.6. The molecule has 0 aromatic heterocycles. The number of Topliss-reactive ketones (excluding diaryl/α,β-unsaturated/α-hetero) is 1. The van der Waals surface area contributed by atoms with Crippen molar-refractivity contribution in [1.82, 2.24) is 10.6 Å². The zero-order valence-corrected chi connectivity index (χ0v) is 72.3. The topological polar surface area (TPSA) is 332 Å². The van der Waals surface area contributed by atoms with Gasteiger partial charge in [-0.2, -0.15) is 13.2 Å². The van der Waals surface area contributed by atoms with Crippen LogP contribution in [-0.2, 0) is 57.4 Å². The first kappa shape index (κ1) is 108. The third kappa shape index (κ3) is 31.9. The Bertz CT molecular complexity index is 4660. The number of likely N-dealkylation sites (N-methyl/N-ethyl adjacent to an activating group) is 3. The van der Waals surface area contributed by atoms with Gasteiger partial charge >= 0.3 is 24.1 Å². The fourth-order valence-electron chi connectivity index (χ4n) is 13.4. The first-order valence-electron chi connectivity index (χ1n) is 39.4. The van der Waals surface area contributed by atoms with E-state index in [4.69, 9.17) is 30.9 Å². The van der Waals surface area contributed by atoms with E-state index in [9.17, 15) is 66.2 Å². The van der Waals surface area contributed by atoms with Crippen molar-refractivity contribution in [3.63, 3.8) is 0 Å². The quantitative estimate of drug-likeness (QED) is 0.0182. The second-order valence-corrected chi connectivity index (χ2v) is 33.2. The van der Waals surface area contributed by atoms with E-state index in [1.54, 1.807) is 85.8 Å². The number of fused-ring (bicyclic) bond motifs is 3.